The van der Waals surface area contributed by atoms with Crippen LogP contribution in [-0.4, -0.2) is 71.3 Å². The average molecular weight is 362 g/mol. The van der Waals surface area contributed by atoms with E-state index in [2.05, 4.69) is 62.5 Å². The minimum Gasteiger partial charge on any atom is -0.367 e. The monoisotopic (exact) mass is 362 g/mol. The molecule has 0 aliphatic carbocycles. The van der Waals surface area contributed by atoms with Gasteiger partial charge in [0.05, 0.1) is 11.2 Å². The van der Waals surface area contributed by atoms with Crippen LogP contribution >= 0.6 is 0 Å². The number of hydrogen-bond donors (Lipinski definition) is 1. The van der Waals surface area contributed by atoms with Crippen LogP contribution in [-0.2, 0) is 0 Å². The number of pyridine rings is 1. The molecule has 3 heterocycles. The van der Waals surface area contributed by atoms with Crippen LogP contribution in [0.5, 0.6) is 0 Å². The molecular weight excluding hydrogens is 336 g/mol. The molecule has 0 amide bonds. The van der Waals surface area contributed by atoms with Crippen LogP contribution in [0.3, 0.4) is 0 Å². The Morgan fingerprint density at radius 2 is 1.85 bits per heavy atom. The molecule has 0 radical (unpaired) electrons. The van der Waals surface area contributed by atoms with Gasteiger partial charge >= 0.3 is 0 Å². The lowest BCUT2D eigenvalue weighted by atomic mass is 10.1. The normalized spacial score (nSPS) is 15.9. The molecule has 1 aromatic carbocycles. The van der Waals surface area contributed by atoms with Gasteiger partial charge in [-0.05, 0) is 37.7 Å². The van der Waals surface area contributed by atoms with Crippen LogP contribution in [0.4, 0.5) is 5.82 Å². The quantitative estimate of drug-likeness (QED) is 0.753. The van der Waals surface area contributed by atoms with Crippen molar-refractivity contribution in [1.82, 2.24) is 25.0 Å². The Balaban J connectivity index is 1.41. The summed E-state index contributed by atoms with van der Waals surface area (Å²) in [5, 5.41) is 13.4. The van der Waals surface area contributed by atoms with E-state index in [1.165, 1.54) is 0 Å². The van der Waals surface area contributed by atoms with E-state index in [9.17, 15) is 0 Å². The SMILES string of the molecule is Cc1cc(-c2cnc3ccccc3c2)nnc1NCCN1CCN(C)CC1. The van der Waals surface area contributed by atoms with E-state index in [1.807, 2.05) is 24.4 Å². The van der Waals surface area contributed by atoms with E-state index in [1.54, 1.807) is 0 Å². The van der Waals surface area contributed by atoms with Crippen molar-refractivity contribution in [2.75, 3.05) is 51.6 Å². The van der Waals surface area contributed by atoms with E-state index < -0.39 is 0 Å². The Hall–Kier alpha value is -2.57. The van der Waals surface area contributed by atoms with Crippen LogP contribution in [0.15, 0.2) is 42.6 Å². The zero-order chi connectivity index (χ0) is 18.6. The first-order valence-electron chi connectivity index (χ1n) is 9.53. The van der Waals surface area contributed by atoms with E-state index in [-0.39, 0.29) is 0 Å². The Bertz CT molecular complexity index is 917. The van der Waals surface area contributed by atoms with Crippen molar-refractivity contribution in [2.45, 2.75) is 6.92 Å². The number of rotatable bonds is 5. The van der Waals surface area contributed by atoms with Crippen LogP contribution < -0.4 is 5.32 Å². The first-order valence-corrected chi connectivity index (χ1v) is 9.53. The van der Waals surface area contributed by atoms with Crippen LogP contribution in [0, 0.1) is 6.92 Å². The number of benzene rings is 1. The second-order valence-corrected chi connectivity index (χ2v) is 7.25. The molecule has 3 aromatic rings. The van der Waals surface area contributed by atoms with Gasteiger partial charge < -0.3 is 10.2 Å². The molecule has 0 bridgehead atoms. The molecule has 0 saturated carbocycles. The fourth-order valence-corrected chi connectivity index (χ4v) is 3.42. The highest BCUT2D eigenvalue weighted by atomic mass is 15.3. The molecule has 1 saturated heterocycles. The Labute approximate surface area is 160 Å². The van der Waals surface area contributed by atoms with E-state index in [4.69, 9.17) is 0 Å². The van der Waals surface area contributed by atoms with Crippen LogP contribution in [0.1, 0.15) is 5.56 Å². The second kappa shape index (κ2) is 7.98. The Kier molecular flexibility index (Phi) is 5.27. The summed E-state index contributed by atoms with van der Waals surface area (Å²) in [7, 11) is 2.18. The minimum atomic E-state index is 0.857. The first kappa shape index (κ1) is 17.8. The highest BCUT2D eigenvalue weighted by Crippen LogP contribution is 2.23. The maximum atomic E-state index is 4.52. The zero-order valence-corrected chi connectivity index (χ0v) is 16.0. The van der Waals surface area contributed by atoms with Gasteiger partial charge in [-0.3, -0.25) is 9.88 Å². The minimum absolute atomic E-state index is 0.857. The van der Waals surface area contributed by atoms with E-state index in [0.29, 0.717) is 0 Å². The lowest BCUT2D eigenvalue weighted by Gasteiger charge is -2.32. The summed E-state index contributed by atoms with van der Waals surface area (Å²) in [6, 6.07) is 12.3. The topological polar surface area (TPSA) is 57.2 Å². The molecule has 140 valence electrons. The molecule has 1 N–H and O–H groups in total. The first-order chi connectivity index (χ1) is 13.2. The van der Waals surface area contributed by atoms with Crippen LogP contribution in [0.25, 0.3) is 22.2 Å². The molecule has 27 heavy (non-hydrogen) atoms. The van der Waals surface area contributed by atoms with Gasteiger partial charge in [-0.2, -0.15) is 0 Å². The van der Waals surface area contributed by atoms with Crippen molar-refractivity contribution in [3.63, 3.8) is 0 Å². The predicted octanol–water partition coefficient (Wildman–Crippen LogP) is 2.66. The van der Waals surface area contributed by atoms with E-state index in [0.717, 1.165) is 72.8 Å². The summed E-state index contributed by atoms with van der Waals surface area (Å²) in [5.41, 5.74) is 3.95. The zero-order valence-electron chi connectivity index (χ0n) is 16.0. The van der Waals surface area contributed by atoms with Gasteiger partial charge in [0.25, 0.3) is 0 Å². The Morgan fingerprint density at radius 1 is 1.04 bits per heavy atom. The largest absolute Gasteiger partial charge is 0.367 e. The van der Waals surface area contributed by atoms with Gasteiger partial charge in [0.15, 0.2) is 5.82 Å². The van der Waals surface area contributed by atoms with Gasteiger partial charge in [0.2, 0.25) is 0 Å². The number of likely N-dealkylation sites (N-methyl/N-ethyl adjacent to an activating group) is 1. The molecular formula is C21H26N6. The number of hydrogen-bond acceptors (Lipinski definition) is 6. The van der Waals surface area contributed by atoms with Crippen molar-refractivity contribution in [3.05, 3.63) is 48.2 Å². The highest BCUT2D eigenvalue weighted by Gasteiger charge is 2.13. The summed E-state index contributed by atoms with van der Waals surface area (Å²) in [4.78, 5) is 9.39. The number of piperazine rings is 1. The number of nitrogens with one attached hydrogen (secondary N) is 1. The molecule has 4 rings (SSSR count). The van der Waals surface area contributed by atoms with Crippen LogP contribution in [0.2, 0.25) is 0 Å². The number of nitrogens with zero attached hydrogens (tertiary/aromatic N) is 5. The van der Waals surface area contributed by atoms with Gasteiger partial charge in [-0.1, -0.05) is 18.2 Å². The maximum Gasteiger partial charge on any atom is 0.151 e. The summed E-state index contributed by atoms with van der Waals surface area (Å²) < 4.78 is 0. The lowest BCUT2D eigenvalue weighted by Crippen LogP contribution is -2.45. The second-order valence-electron chi connectivity index (χ2n) is 7.25. The van der Waals surface area contributed by atoms with Gasteiger partial charge in [0.1, 0.15) is 0 Å². The molecule has 6 nitrogen and oxygen atoms in total. The molecule has 1 aliphatic heterocycles. The number of anilines is 1. The lowest BCUT2D eigenvalue weighted by molar-refractivity contribution is 0.158. The molecule has 0 unspecified atom stereocenters. The van der Waals surface area contributed by atoms with Crippen molar-refractivity contribution >= 4 is 16.7 Å². The number of aryl methyl sites for hydroxylation is 1. The van der Waals surface area contributed by atoms with Crippen molar-refractivity contribution < 1.29 is 0 Å². The summed E-state index contributed by atoms with van der Waals surface area (Å²) in [6.07, 6.45) is 1.87. The smallest absolute Gasteiger partial charge is 0.151 e. The van der Waals surface area contributed by atoms with Gasteiger partial charge in [-0.15, -0.1) is 10.2 Å². The maximum absolute atomic E-state index is 4.52. The Morgan fingerprint density at radius 3 is 2.67 bits per heavy atom. The fourth-order valence-electron chi connectivity index (χ4n) is 3.42. The third-order valence-electron chi connectivity index (χ3n) is 5.19. The summed E-state index contributed by atoms with van der Waals surface area (Å²) >= 11 is 0. The number of fused-ring (bicyclic) bond motifs is 1. The molecule has 1 fully saturated rings. The molecule has 1 aliphatic rings. The molecule has 2 aromatic heterocycles. The van der Waals surface area contributed by atoms with Gasteiger partial charge in [0, 0.05) is 56.4 Å². The average Bonchev–Trinajstić information content (AvgIpc) is 2.70. The fraction of sp³-hybridized carbons (Fsp3) is 0.381. The highest BCUT2D eigenvalue weighted by molar-refractivity contribution is 5.82. The molecule has 0 spiro atoms. The standard InChI is InChI=1S/C21H26N6/c1-16-13-20(18-14-17-5-3-4-6-19(17)23-15-18)24-25-21(16)22-7-8-27-11-9-26(2)10-12-27/h3-6,13-15H,7-12H2,1-2H3,(H,22,25). The predicted molar refractivity (Wildman–Crippen MR) is 110 cm³/mol. The third kappa shape index (κ3) is 4.23. The molecule has 0 atom stereocenters. The van der Waals surface area contributed by atoms with Crippen molar-refractivity contribution in [3.8, 4) is 11.3 Å². The van der Waals surface area contributed by atoms with Gasteiger partial charge in [-0.25, -0.2) is 0 Å². The number of para-hydroxylation sites is 1. The van der Waals surface area contributed by atoms with E-state index >= 15 is 0 Å². The third-order valence-corrected chi connectivity index (χ3v) is 5.19. The van der Waals surface area contributed by atoms with Crippen molar-refractivity contribution in [2.24, 2.45) is 0 Å². The summed E-state index contributed by atoms with van der Waals surface area (Å²) in [5.74, 6) is 0.863. The van der Waals surface area contributed by atoms with Crippen molar-refractivity contribution in [1.29, 1.82) is 0 Å². The number of aromatic nitrogens is 3. The summed E-state index contributed by atoms with van der Waals surface area (Å²) in [6.45, 7) is 8.56. The molecule has 6 heteroatoms.